The van der Waals surface area contributed by atoms with Crippen LogP contribution in [0.1, 0.15) is 86.0 Å². The van der Waals surface area contributed by atoms with E-state index in [1.54, 1.807) is 5.57 Å². The molecule has 0 radical (unpaired) electrons. The van der Waals surface area contributed by atoms with Crippen LogP contribution >= 0.6 is 0 Å². The van der Waals surface area contributed by atoms with Crippen LogP contribution in [-0.4, -0.2) is 33.6 Å². The van der Waals surface area contributed by atoms with Crippen molar-refractivity contribution in [3.05, 3.63) is 23.3 Å². The zero-order valence-electron chi connectivity index (χ0n) is 19.8. The second-order valence-electron chi connectivity index (χ2n) is 12.0. The Labute approximate surface area is 183 Å². The lowest BCUT2D eigenvalue weighted by atomic mass is 9.49. The Morgan fingerprint density at radius 1 is 1.00 bits per heavy atom. The first-order chi connectivity index (χ1) is 14.1. The van der Waals surface area contributed by atoms with Gasteiger partial charge in [-0.1, -0.05) is 57.9 Å². The van der Waals surface area contributed by atoms with Gasteiger partial charge in [0, 0.05) is 11.8 Å². The average molecular weight is 417 g/mol. The van der Waals surface area contributed by atoms with Crippen molar-refractivity contribution in [3.8, 4) is 0 Å². The molecule has 9 atom stereocenters. The Morgan fingerprint density at radius 3 is 2.43 bits per heavy atom. The molecule has 30 heavy (non-hydrogen) atoms. The van der Waals surface area contributed by atoms with E-state index in [-0.39, 0.29) is 11.5 Å². The lowest BCUT2D eigenvalue weighted by Crippen LogP contribution is -2.52. The number of aliphatic hydroxyl groups is 3. The average Bonchev–Trinajstić information content (AvgIpc) is 3.04. The molecule has 0 bridgehead atoms. The number of rotatable bonds is 5. The molecule has 0 heterocycles. The summed E-state index contributed by atoms with van der Waals surface area (Å²) < 4.78 is 0. The molecule has 0 amide bonds. The van der Waals surface area contributed by atoms with Gasteiger partial charge >= 0.3 is 0 Å². The third kappa shape index (κ3) is 3.44. The molecule has 3 heteroatoms. The van der Waals surface area contributed by atoms with Gasteiger partial charge in [0.05, 0.1) is 18.3 Å². The van der Waals surface area contributed by atoms with Crippen LogP contribution in [0.4, 0.5) is 0 Å². The maximum absolute atomic E-state index is 11.0. The summed E-state index contributed by atoms with van der Waals surface area (Å²) in [7, 11) is 0. The van der Waals surface area contributed by atoms with E-state index >= 15 is 0 Å². The van der Waals surface area contributed by atoms with Gasteiger partial charge in [0.2, 0.25) is 0 Å². The first-order valence-corrected chi connectivity index (χ1v) is 12.5. The van der Waals surface area contributed by atoms with Gasteiger partial charge < -0.3 is 15.3 Å². The molecule has 4 aliphatic rings. The number of hydrogen-bond donors (Lipinski definition) is 3. The molecule has 0 spiro atoms. The van der Waals surface area contributed by atoms with Crippen molar-refractivity contribution in [2.24, 2.45) is 40.4 Å². The van der Waals surface area contributed by atoms with Gasteiger partial charge in [-0.15, -0.1) is 0 Å². The normalized spacial score (nSPS) is 45.2. The zero-order valence-corrected chi connectivity index (χ0v) is 19.8. The van der Waals surface area contributed by atoms with E-state index in [4.69, 9.17) is 0 Å². The van der Waals surface area contributed by atoms with Gasteiger partial charge in [-0.25, -0.2) is 0 Å². The molecule has 0 aliphatic heterocycles. The number of aliphatic hydroxyl groups excluding tert-OH is 3. The quantitative estimate of drug-likeness (QED) is 0.573. The SMILES string of the molecule is CC(C)[C@@H](O)CC[C@@H](C)[C@H]1CC[C@H]2C3=CC=C4C[C@@H](O)C[C@H](O)[C@]4(C)[C@H]3CC[C@]12C. The molecular weight excluding hydrogens is 372 g/mol. The van der Waals surface area contributed by atoms with Crippen LogP contribution in [0.15, 0.2) is 23.3 Å². The summed E-state index contributed by atoms with van der Waals surface area (Å²) in [5.41, 5.74) is 2.99. The molecule has 3 saturated carbocycles. The Morgan fingerprint density at radius 2 is 1.73 bits per heavy atom. The van der Waals surface area contributed by atoms with Crippen LogP contribution in [0.5, 0.6) is 0 Å². The van der Waals surface area contributed by atoms with Crippen LogP contribution in [0.3, 0.4) is 0 Å². The first-order valence-electron chi connectivity index (χ1n) is 12.5. The van der Waals surface area contributed by atoms with Crippen molar-refractivity contribution in [1.29, 1.82) is 0 Å². The minimum absolute atomic E-state index is 0.180. The zero-order chi connectivity index (χ0) is 21.8. The van der Waals surface area contributed by atoms with E-state index in [0.29, 0.717) is 41.9 Å². The third-order valence-corrected chi connectivity index (χ3v) is 10.1. The summed E-state index contributed by atoms with van der Waals surface area (Å²) in [4.78, 5) is 0. The highest BCUT2D eigenvalue weighted by Gasteiger charge is 2.58. The second-order valence-corrected chi connectivity index (χ2v) is 12.0. The number of fused-ring (bicyclic) bond motifs is 5. The van der Waals surface area contributed by atoms with Gasteiger partial charge in [-0.3, -0.25) is 0 Å². The van der Waals surface area contributed by atoms with Crippen molar-refractivity contribution in [1.82, 2.24) is 0 Å². The lowest BCUT2D eigenvalue weighted by Gasteiger charge is -2.56. The fourth-order valence-electron chi connectivity index (χ4n) is 7.99. The molecule has 170 valence electrons. The molecule has 3 fully saturated rings. The summed E-state index contributed by atoms with van der Waals surface area (Å²) in [6, 6.07) is 0. The van der Waals surface area contributed by atoms with Gasteiger partial charge in [0.1, 0.15) is 0 Å². The topological polar surface area (TPSA) is 60.7 Å². The molecule has 0 aromatic carbocycles. The van der Waals surface area contributed by atoms with Crippen LogP contribution in [-0.2, 0) is 0 Å². The molecule has 3 N–H and O–H groups in total. The number of allylic oxidation sites excluding steroid dienone is 3. The first kappa shape index (κ1) is 22.6. The van der Waals surface area contributed by atoms with Gasteiger partial charge in [0.25, 0.3) is 0 Å². The fraction of sp³-hybridized carbons (Fsp3) is 0.852. The van der Waals surface area contributed by atoms with E-state index in [9.17, 15) is 15.3 Å². The van der Waals surface area contributed by atoms with E-state index in [1.165, 1.54) is 24.8 Å². The summed E-state index contributed by atoms with van der Waals surface area (Å²) in [6.07, 6.45) is 11.8. The molecule has 0 aromatic heterocycles. The van der Waals surface area contributed by atoms with Crippen molar-refractivity contribution in [3.63, 3.8) is 0 Å². The van der Waals surface area contributed by atoms with Crippen LogP contribution < -0.4 is 0 Å². The smallest absolute Gasteiger partial charge is 0.0661 e. The van der Waals surface area contributed by atoms with Crippen molar-refractivity contribution < 1.29 is 15.3 Å². The minimum atomic E-state index is -0.445. The van der Waals surface area contributed by atoms with Crippen LogP contribution in [0.25, 0.3) is 0 Å². The van der Waals surface area contributed by atoms with Gasteiger partial charge in [-0.05, 0) is 80.0 Å². The summed E-state index contributed by atoms with van der Waals surface area (Å²) >= 11 is 0. The predicted molar refractivity (Wildman–Crippen MR) is 122 cm³/mol. The monoisotopic (exact) mass is 416 g/mol. The molecule has 4 rings (SSSR count). The second kappa shape index (κ2) is 8.05. The number of hydrogen-bond acceptors (Lipinski definition) is 3. The molecule has 0 unspecified atom stereocenters. The third-order valence-electron chi connectivity index (χ3n) is 10.1. The van der Waals surface area contributed by atoms with Gasteiger partial charge in [-0.2, -0.15) is 0 Å². The summed E-state index contributed by atoms with van der Waals surface area (Å²) in [6.45, 7) is 11.4. The fourth-order valence-corrected chi connectivity index (χ4v) is 7.99. The Bertz CT molecular complexity index is 709. The van der Waals surface area contributed by atoms with Crippen molar-refractivity contribution in [2.75, 3.05) is 0 Å². The van der Waals surface area contributed by atoms with Crippen LogP contribution in [0.2, 0.25) is 0 Å². The van der Waals surface area contributed by atoms with E-state index in [1.807, 2.05) is 0 Å². The molecular formula is C27H44O3. The Balaban J connectivity index is 1.55. The van der Waals surface area contributed by atoms with E-state index < -0.39 is 12.2 Å². The standard InChI is InChI=1S/C27H44O3/c1-16(2)24(29)11-6-17(3)21-9-10-22-20-8-7-18-14-19(28)15-25(30)27(18,5)23(20)12-13-26(21,22)4/h7-8,16-17,19,21-25,28-30H,6,9-15H2,1-5H3/t17-,19-,21-,22+,23+,24+,25+,26-,27+/m1/s1. The minimum Gasteiger partial charge on any atom is -0.393 e. The maximum Gasteiger partial charge on any atom is 0.0661 e. The van der Waals surface area contributed by atoms with E-state index in [0.717, 1.165) is 25.2 Å². The highest BCUT2D eigenvalue weighted by molar-refractivity contribution is 5.40. The highest BCUT2D eigenvalue weighted by Crippen LogP contribution is 2.66. The highest BCUT2D eigenvalue weighted by atomic mass is 16.3. The summed E-state index contributed by atoms with van der Waals surface area (Å²) in [5.74, 6) is 2.75. The molecule has 0 aromatic rings. The predicted octanol–water partition coefficient (Wildman–Crippen LogP) is 5.25. The summed E-state index contributed by atoms with van der Waals surface area (Å²) in [5, 5.41) is 31.5. The largest absolute Gasteiger partial charge is 0.393 e. The molecule has 0 saturated heterocycles. The maximum atomic E-state index is 11.0. The lowest BCUT2D eigenvalue weighted by molar-refractivity contribution is -0.0546. The van der Waals surface area contributed by atoms with Crippen LogP contribution in [0, 0.1) is 40.4 Å². The molecule has 3 nitrogen and oxygen atoms in total. The Hall–Kier alpha value is -0.640. The Kier molecular flexibility index (Phi) is 6.05. The van der Waals surface area contributed by atoms with Crippen molar-refractivity contribution >= 4 is 0 Å². The van der Waals surface area contributed by atoms with Crippen molar-refractivity contribution in [2.45, 2.75) is 104 Å². The molecule has 4 aliphatic carbocycles. The van der Waals surface area contributed by atoms with Gasteiger partial charge in [0.15, 0.2) is 0 Å². The van der Waals surface area contributed by atoms with E-state index in [2.05, 4.69) is 46.8 Å².